The van der Waals surface area contributed by atoms with Crippen LogP contribution in [0.2, 0.25) is 0 Å². The van der Waals surface area contributed by atoms with E-state index in [2.05, 4.69) is 0 Å². The summed E-state index contributed by atoms with van der Waals surface area (Å²) in [5.41, 5.74) is 1.82. The summed E-state index contributed by atoms with van der Waals surface area (Å²) in [5, 5.41) is 20.8. The smallest absolute Gasteiger partial charge is 0.292 e. The Hall–Kier alpha value is -1.62. The molecule has 1 aromatic carbocycles. The molecule has 0 saturated carbocycles. The van der Waals surface area contributed by atoms with Crippen molar-refractivity contribution in [1.29, 1.82) is 0 Å². The first-order chi connectivity index (χ1) is 8.49. The molecule has 5 heteroatoms. The molecule has 0 aliphatic carbocycles. The van der Waals surface area contributed by atoms with Gasteiger partial charge in [0, 0.05) is 19.2 Å². The van der Waals surface area contributed by atoms with Crippen molar-refractivity contribution in [3.63, 3.8) is 0 Å². The number of aliphatic hydroxyl groups is 1. The van der Waals surface area contributed by atoms with Gasteiger partial charge < -0.3 is 10.0 Å². The maximum atomic E-state index is 11.1. The van der Waals surface area contributed by atoms with Gasteiger partial charge in [-0.05, 0) is 30.9 Å². The Kier molecular flexibility index (Phi) is 3.52. The van der Waals surface area contributed by atoms with Crippen LogP contribution >= 0.6 is 0 Å². The predicted molar refractivity (Wildman–Crippen MR) is 69.8 cm³/mol. The number of piperidine rings is 1. The van der Waals surface area contributed by atoms with Crippen LogP contribution in [0.25, 0.3) is 0 Å². The average molecular weight is 250 g/mol. The molecular weight excluding hydrogens is 232 g/mol. The number of nitro benzene ring substituents is 1. The van der Waals surface area contributed by atoms with E-state index in [9.17, 15) is 15.2 Å². The van der Waals surface area contributed by atoms with E-state index in [0.717, 1.165) is 5.56 Å². The standard InChI is InChI=1S/C13H18N2O3/c1-9-3-4-11(15(17)18)12(7-9)14-6-5-13(16)10(2)8-14/h3-4,7,10,13,16H,5-6,8H2,1-2H3. The predicted octanol–water partition coefficient (Wildman–Crippen LogP) is 2.11. The summed E-state index contributed by atoms with van der Waals surface area (Å²) in [6, 6.07) is 5.16. The highest BCUT2D eigenvalue weighted by molar-refractivity contribution is 5.64. The molecule has 1 N–H and O–H groups in total. The number of rotatable bonds is 2. The van der Waals surface area contributed by atoms with Gasteiger partial charge in [-0.1, -0.05) is 13.0 Å². The maximum absolute atomic E-state index is 11.1. The van der Waals surface area contributed by atoms with Gasteiger partial charge in [-0.3, -0.25) is 10.1 Å². The van der Waals surface area contributed by atoms with Crippen LogP contribution in [0.3, 0.4) is 0 Å². The van der Waals surface area contributed by atoms with E-state index in [1.165, 1.54) is 0 Å². The van der Waals surface area contributed by atoms with Crippen LogP contribution < -0.4 is 4.90 Å². The fourth-order valence-corrected chi connectivity index (χ4v) is 2.39. The lowest BCUT2D eigenvalue weighted by Gasteiger charge is -2.35. The lowest BCUT2D eigenvalue weighted by atomic mass is 9.96. The fourth-order valence-electron chi connectivity index (χ4n) is 2.39. The number of nitrogens with zero attached hydrogens (tertiary/aromatic N) is 2. The number of aryl methyl sites for hydroxylation is 1. The van der Waals surface area contributed by atoms with E-state index < -0.39 is 0 Å². The largest absolute Gasteiger partial charge is 0.393 e. The minimum absolute atomic E-state index is 0.138. The van der Waals surface area contributed by atoms with Gasteiger partial charge in [0.2, 0.25) is 0 Å². The number of benzene rings is 1. The summed E-state index contributed by atoms with van der Waals surface area (Å²) >= 11 is 0. The molecule has 98 valence electrons. The molecule has 1 aromatic rings. The molecule has 1 heterocycles. The third-order valence-electron chi connectivity index (χ3n) is 3.53. The van der Waals surface area contributed by atoms with Crippen molar-refractivity contribution in [3.8, 4) is 0 Å². The van der Waals surface area contributed by atoms with Crippen LogP contribution in [-0.4, -0.2) is 29.2 Å². The van der Waals surface area contributed by atoms with Crippen LogP contribution in [0.15, 0.2) is 18.2 Å². The van der Waals surface area contributed by atoms with Gasteiger partial charge in [-0.15, -0.1) is 0 Å². The molecule has 1 fully saturated rings. The van der Waals surface area contributed by atoms with Gasteiger partial charge in [0.25, 0.3) is 5.69 Å². The molecule has 1 saturated heterocycles. The van der Waals surface area contributed by atoms with Gasteiger partial charge in [0.1, 0.15) is 5.69 Å². The van der Waals surface area contributed by atoms with Crippen LogP contribution in [-0.2, 0) is 0 Å². The second kappa shape index (κ2) is 4.94. The molecule has 18 heavy (non-hydrogen) atoms. The van der Waals surface area contributed by atoms with Gasteiger partial charge in [0.05, 0.1) is 11.0 Å². The molecule has 0 radical (unpaired) electrons. The molecule has 2 atom stereocenters. The number of nitro groups is 1. The van der Waals surface area contributed by atoms with Crippen LogP contribution in [0, 0.1) is 23.0 Å². The molecule has 2 rings (SSSR count). The highest BCUT2D eigenvalue weighted by Crippen LogP contribution is 2.32. The number of hydrogen-bond donors (Lipinski definition) is 1. The van der Waals surface area contributed by atoms with Crippen molar-refractivity contribution in [2.75, 3.05) is 18.0 Å². The van der Waals surface area contributed by atoms with Crippen molar-refractivity contribution in [2.45, 2.75) is 26.4 Å². The van der Waals surface area contributed by atoms with Crippen molar-refractivity contribution >= 4 is 11.4 Å². The summed E-state index contributed by atoms with van der Waals surface area (Å²) in [7, 11) is 0. The zero-order valence-electron chi connectivity index (χ0n) is 10.7. The SMILES string of the molecule is Cc1ccc([N+](=O)[O-])c(N2CCC(O)C(C)C2)c1. The Morgan fingerprint density at radius 3 is 2.83 bits per heavy atom. The molecular formula is C13H18N2O3. The van der Waals surface area contributed by atoms with Gasteiger partial charge in [-0.25, -0.2) is 0 Å². The first-order valence-electron chi connectivity index (χ1n) is 6.17. The van der Waals surface area contributed by atoms with E-state index >= 15 is 0 Å². The van der Waals surface area contributed by atoms with Crippen molar-refractivity contribution < 1.29 is 10.0 Å². The normalized spacial score (nSPS) is 24.1. The monoisotopic (exact) mass is 250 g/mol. The second-order valence-electron chi connectivity index (χ2n) is 5.03. The molecule has 0 aromatic heterocycles. The molecule has 5 nitrogen and oxygen atoms in total. The Morgan fingerprint density at radius 2 is 2.22 bits per heavy atom. The molecule has 1 aliphatic rings. The summed E-state index contributed by atoms with van der Waals surface area (Å²) in [5.74, 6) is 0.138. The van der Waals surface area contributed by atoms with E-state index in [-0.39, 0.29) is 22.6 Å². The molecule has 1 aliphatic heterocycles. The van der Waals surface area contributed by atoms with E-state index in [4.69, 9.17) is 0 Å². The molecule has 0 amide bonds. The van der Waals surface area contributed by atoms with Crippen LogP contribution in [0.4, 0.5) is 11.4 Å². The quantitative estimate of drug-likeness (QED) is 0.645. The second-order valence-corrected chi connectivity index (χ2v) is 5.03. The first-order valence-corrected chi connectivity index (χ1v) is 6.17. The molecule has 0 bridgehead atoms. The molecule has 2 unspecified atom stereocenters. The summed E-state index contributed by atoms with van der Waals surface area (Å²) in [4.78, 5) is 12.7. The first kappa shape index (κ1) is 12.8. The fraction of sp³-hybridized carbons (Fsp3) is 0.538. The minimum atomic E-state index is -0.343. The van der Waals surface area contributed by atoms with Crippen molar-refractivity contribution in [2.24, 2.45) is 5.92 Å². The maximum Gasteiger partial charge on any atom is 0.292 e. The Labute approximate surface area is 106 Å². The van der Waals surface area contributed by atoms with Crippen LogP contribution in [0.5, 0.6) is 0 Å². The summed E-state index contributed by atoms with van der Waals surface area (Å²) in [6.07, 6.45) is 0.358. The van der Waals surface area contributed by atoms with E-state index in [0.29, 0.717) is 25.2 Å². The lowest BCUT2D eigenvalue weighted by molar-refractivity contribution is -0.384. The highest BCUT2D eigenvalue weighted by atomic mass is 16.6. The minimum Gasteiger partial charge on any atom is -0.393 e. The lowest BCUT2D eigenvalue weighted by Crippen LogP contribution is -2.42. The van der Waals surface area contributed by atoms with Crippen LogP contribution in [0.1, 0.15) is 18.9 Å². The summed E-state index contributed by atoms with van der Waals surface area (Å²) in [6.45, 7) is 5.22. The average Bonchev–Trinajstić information content (AvgIpc) is 2.32. The Morgan fingerprint density at radius 1 is 1.50 bits per heavy atom. The van der Waals surface area contributed by atoms with Crippen molar-refractivity contribution in [1.82, 2.24) is 0 Å². The summed E-state index contributed by atoms with van der Waals surface area (Å²) < 4.78 is 0. The third kappa shape index (κ3) is 2.46. The van der Waals surface area contributed by atoms with Gasteiger partial charge >= 0.3 is 0 Å². The van der Waals surface area contributed by atoms with Gasteiger partial charge in [-0.2, -0.15) is 0 Å². The number of hydrogen-bond acceptors (Lipinski definition) is 4. The van der Waals surface area contributed by atoms with Crippen molar-refractivity contribution in [3.05, 3.63) is 33.9 Å². The number of anilines is 1. The third-order valence-corrected chi connectivity index (χ3v) is 3.53. The highest BCUT2D eigenvalue weighted by Gasteiger charge is 2.28. The zero-order valence-corrected chi connectivity index (χ0v) is 10.7. The van der Waals surface area contributed by atoms with E-state index in [1.807, 2.05) is 24.8 Å². The van der Waals surface area contributed by atoms with Gasteiger partial charge in [0.15, 0.2) is 0 Å². The molecule has 0 spiro atoms. The zero-order chi connectivity index (χ0) is 13.3. The topological polar surface area (TPSA) is 66.6 Å². The van der Waals surface area contributed by atoms with E-state index in [1.54, 1.807) is 12.1 Å². The number of aliphatic hydroxyl groups excluding tert-OH is 1. The Balaban J connectivity index is 2.32. The Bertz CT molecular complexity index is 462.